The summed E-state index contributed by atoms with van der Waals surface area (Å²) in [7, 11) is 1.98. The van der Waals surface area contributed by atoms with E-state index in [2.05, 4.69) is 55.7 Å². The van der Waals surface area contributed by atoms with Crippen molar-refractivity contribution in [2.24, 2.45) is 0 Å². The van der Waals surface area contributed by atoms with Gasteiger partial charge >= 0.3 is 0 Å². The number of anilines is 1. The highest BCUT2D eigenvalue weighted by Gasteiger charge is 2.03. The van der Waals surface area contributed by atoms with Gasteiger partial charge in [-0.05, 0) is 45.5 Å². The molecule has 0 heterocycles. The van der Waals surface area contributed by atoms with E-state index in [9.17, 15) is 0 Å². The monoisotopic (exact) mass is 192 g/mol. The molecule has 0 aliphatic heterocycles. The van der Waals surface area contributed by atoms with Gasteiger partial charge in [-0.1, -0.05) is 12.1 Å². The molecular formula is C12H20N2. The summed E-state index contributed by atoms with van der Waals surface area (Å²) in [5.41, 5.74) is 2.51. The molecule has 2 nitrogen and oxygen atoms in total. The van der Waals surface area contributed by atoms with E-state index in [1.165, 1.54) is 11.3 Å². The van der Waals surface area contributed by atoms with Crippen molar-refractivity contribution in [3.63, 3.8) is 0 Å². The molecule has 78 valence electrons. The van der Waals surface area contributed by atoms with Gasteiger partial charge in [0, 0.05) is 17.8 Å². The molecule has 2 N–H and O–H groups in total. The van der Waals surface area contributed by atoms with Crippen molar-refractivity contribution in [3.8, 4) is 0 Å². The topological polar surface area (TPSA) is 24.1 Å². The Hall–Kier alpha value is -1.02. The van der Waals surface area contributed by atoms with Crippen molar-refractivity contribution >= 4 is 5.69 Å². The third kappa shape index (κ3) is 3.04. The summed E-state index contributed by atoms with van der Waals surface area (Å²) < 4.78 is 0. The van der Waals surface area contributed by atoms with Crippen molar-refractivity contribution < 1.29 is 0 Å². The zero-order valence-electron chi connectivity index (χ0n) is 9.46. The molecule has 0 saturated carbocycles. The second kappa shape index (κ2) is 5.01. The molecule has 0 bridgehead atoms. The van der Waals surface area contributed by atoms with Gasteiger partial charge in [0.1, 0.15) is 0 Å². The van der Waals surface area contributed by atoms with E-state index in [0.29, 0.717) is 12.1 Å². The molecule has 0 spiro atoms. The van der Waals surface area contributed by atoms with Crippen molar-refractivity contribution in [2.75, 3.05) is 12.4 Å². The molecule has 1 aromatic carbocycles. The third-order valence-corrected chi connectivity index (χ3v) is 2.27. The molecule has 1 aromatic rings. The van der Waals surface area contributed by atoms with Crippen molar-refractivity contribution in [1.29, 1.82) is 0 Å². The Kier molecular flexibility index (Phi) is 3.96. The maximum Gasteiger partial charge on any atom is 0.0345 e. The zero-order valence-corrected chi connectivity index (χ0v) is 9.46. The lowest BCUT2D eigenvalue weighted by atomic mass is 10.1. The second-order valence-electron chi connectivity index (χ2n) is 3.93. The highest BCUT2D eigenvalue weighted by atomic mass is 14.9. The van der Waals surface area contributed by atoms with Crippen LogP contribution < -0.4 is 10.6 Å². The highest BCUT2D eigenvalue weighted by molar-refractivity contribution is 5.46. The molecule has 1 unspecified atom stereocenters. The average Bonchev–Trinajstić information content (AvgIpc) is 2.16. The summed E-state index contributed by atoms with van der Waals surface area (Å²) in [6.45, 7) is 6.46. The van der Waals surface area contributed by atoms with Crippen LogP contribution in [0, 0.1) is 0 Å². The Labute approximate surface area is 86.7 Å². The molecule has 0 amide bonds. The lowest BCUT2D eigenvalue weighted by molar-refractivity contribution is 0.652. The van der Waals surface area contributed by atoms with Gasteiger partial charge in [0.05, 0.1) is 0 Å². The normalized spacial score (nSPS) is 12.9. The molecule has 0 aliphatic carbocycles. The van der Waals surface area contributed by atoms with Gasteiger partial charge in [-0.25, -0.2) is 0 Å². The van der Waals surface area contributed by atoms with Crippen LogP contribution in [0.25, 0.3) is 0 Å². The second-order valence-corrected chi connectivity index (χ2v) is 3.93. The number of rotatable bonds is 4. The van der Waals surface area contributed by atoms with Crippen molar-refractivity contribution in [3.05, 3.63) is 29.8 Å². The average molecular weight is 192 g/mol. The fraction of sp³-hybridized carbons (Fsp3) is 0.500. The number of benzene rings is 1. The first-order valence-corrected chi connectivity index (χ1v) is 5.17. The quantitative estimate of drug-likeness (QED) is 0.766. The minimum absolute atomic E-state index is 0.406. The zero-order chi connectivity index (χ0) is 10.6. The first-order chi connectivity index (χ1) is 6.63. The summed E-state index contributed by atoms with van der Waals surface area (Å²) in [4.78, 5) is 0. The van der Waals surface area contributed by atoms with E-state index < -0.39 is 0 Å². The summed E-state index contributed by atoms with van der Waals surface area (Å²) in [5, 5.41) is 6.63. The van der Waals surface area contributed by atoms with Crippen LogP contribution in [0.4, 0.5) is 5.69 Å². The summed E-state index contributed by atoms with van der Waals surface area (Å²) in [6, 6.07) is 9.42. The Morgan fingerprint density at radius 3 is 2.43 bits per heavy atom. The van der Waals surface area contributed by atoms with Gasteiger partial charge in [-0.3, -0.25) is 0 Å². The Balaban J connectivity index is 2.78. The maximum absolute atomic E-state index is 3.40. The minimum atomic E-state index is 0.406. The highest BCUT2D eigenvalue weighted by Crippen LogP contribution is 2.17. The van der Waals surface area contributed by atoms with Crippen LogP contribution in [0.2, 0.25) is 0 Å². The summed E-state index contributed by atoms with van der Waals surface area (Å²) in [5.74, 6) is 0. The fourth-order valence-electron chi connectivity index (χ4n) is 1.40. The van der Waals surface area contributed by atoms with E-state index in [-0.39, 0.29) is 0 Å². The molecule has 1 rings (SSSR count). The molecular weight excluding hydrogens is 172 g/mol. The molecule has 0 aromatic heterocycles. The summed E-state index contributed by atoms with van der Waals surface area (Å²) in [6.07, 6.45) is 0. The van der Waals surface area contributed by atoms with E-state index in [1.807, 2.05) is 7.05 Å². The largest absolute Gasteiger partial charge is 0.383 e. The smallest absolute Gasteiger partial charge is 0.0345 e. The maximum atomic E-state index is 3.40. The van der Waals surface area contributed by atoms with Crippen LogP contribution >= 0.6 is 0 Å². The van der Waals surface area contributed by atoms with Gasteiger partial charge in [0.25, 0.3) is 0 Å². The van der Waals surface area contributed by atoms with E-state index >= 15 is 0 Å². The van der Waals surface area contributed by atoms with Gasteiger partial charge < -0.3 is 10.6 Å². The Morgan fingerprint density at radius 2 is 1.86 bits per heavy atom. The number of hydrogen-bond donors (Lipinski definition) is 2. The standard InChI is InChI=1S/C12H20N2/c1-9(2)14-12-7-5-6-11(8-12)10(3)13-4/h5-10,13-14H,1-4H3. The molecule has 2 heteroatoms. The van der Waals surface area contributed by atoms with Crippen molar-refractivity contribution in [2.45, 2.75) is 32.9 Å². The third-order valence-electron chi connectivity index (χ3n) is 2.27. The predicted octanol–water partition coefficient (Wildman–Crippen LogP) is 2.79. The predicted molar refractivity (Wildman–Crippen MR) is 62.7 cm³/mol. The molecule has 1 atom stereocenters. The lowest BCUT2D eigenvalue weighted by Crippen LogP contribution is -2.13. The SMILES string of the molecule is CNC(C)c1cccc(NC(C)C)c1. The first kappa shape index (κ1) is 11.1. The van der Waals surface area contributed by atoms with Crippen LogP contribution in [-0.2, 0) is 0 Å². The Bertz CT molecular complexity index is 281. The van der Waals surface area contributed by atoms with E-state index in [0.717, 1.165) is 0 Å². The molecule has 0 aliphatic rings. The van der Waals surface area contributed by atoms with E-state index in [1.54, 1.807) is 0 Å². The first-order valence-electron chi connectivity index (χ1n) is 5.17. The van der Waals surface area contributed by atoms with Gasteiger partial charge in [-0.15, -0.1) is 0 Å². The summed E-state index contributed by atoms with van der Waals surface area (Å²) >= 11 is 0. The van der Waals surface area contributed by atoms with Crippen LogP contribution in [0.5, 0.6) is 0 Å². The van der Waals surface area contributed by atoms with Gasteiger partial charge in [-0.2, -0.15) is 0 Å². The van der Waals surface area contributed by atoms with Crippen molar-refractivity contribution in [1.82, 2.24) is 5.32 Å². The molecule has 14 heavy (non-hydrogen) atoms. The number of hydrogen-bond acceptors (Lipinski definition) is 2. The Morgan fingerprint density at radius 1 is 1.14 bits per heavy atom. The lowest BCUT2D eigenvalue weighted by Gasteiger charge is -2.14. The molecule has 0 fully saturated rings. The molecule has 0 radical (unpaired) electrons. The fourth-order valence-corrected chi connectivity index (χ4v) is 1.40. The number of nitrogens with one attached hydrogen (secondary N) is 2. The van der Waals surface area contributed by atoms with Crippen LogP contribution in [-0.4, -0.2) is 13.1 Å². The molecule has 0 saturated heterocycles. The van der Waals surface area contributed by atoms with E-state index in [4.69, 9.17) is 0 Å². The van der Waals surface area contributed by atoms with Gasteiger partial charge in [0.15, 0.2) is 0 Å². The minimum Gasteiger partial charge on any atom is -0.383 e. The van der Waals surface area contributed by atoms with Gasteiger partial charge in [0.2, 0.25) is 0 Å². The van der Waals surface area contributed by atoms with Crippen LogP contribution in [0.3, 0.4) is 0 Å². The van der Waals surface area contributed by atoms with Crippen LogP contribution in [0.15, 0.2) is 24.3 Å². The van der Waals surface area contributed by atoms with Crippen LogP contribution in [0.1, 0.15) is 32.4 Å².